The van der Waals surface area contributed by atoms with E-state index in [-0.39, 0.29) is 11.7 Å². The smallest absolute Gasteiger partial charge is 0.220 e. The molecular weight excluding hydrogens is 231 g/mol. The highest BCUT2D eigenvalue weighted by Gasteiger charge is 2.01. The summed E-state index contributed by atoms with van der Waals surface area (Å²) in [5.74, 6) is -0.196. The Balaban J connectivity index is 2.11. The first-order valence-corrected chi connectivity index (χ1v) is 6.38. The molecule has 0 fully saturated rings. The standard InChI is InChI=1S/C14H21FN2O/c1-16-10-4-2-3-5-14(18)17-11-12-6-8-13(15)9-7-12/h6-9,16H,2-5,10-11H2,1H3,(H,17,18). The van der Waals surface area contributed by atoms with Crippen molar-refractivity contribution in [3.63, 3.8) is 0 Å². The van der Waals surface area contributed by atoms with E-state index in [1.807, 2.05) is 7.05 Å². The lowest BCUT2D eigenvalue weighted by Crippen LogP contribution is -2.22. The number of rotatable bonds is 8. The summed E-state index contributed by atoms with van der Waals surface area (Å²) in [5, 5.41) is 5.91. The molecular formula is C14H21FN2O. The van der Waals surface area contributed by atoms with Crippen LogP contribution in [0.1, 0.15) is 31.2 Å². The van der Waals surface area contributed by atoms with Gasteiger partial charge in [-0.2, -0.15) is 0 Å². The van der Waals surface area contributed by atoms with Crippen molar-refractivity contribution in [3.8, 4) is 0 Å². The van der Waals surface area contributed by atoms with Gasteiger partial charge in [0.05, 0.1) is 0 Å². The first kappa shape index (κ1) is 14.6. The molecule has 2 N–H and O–H groups in total. The molecule has 0 aliphatic carbocycles. The number of benzene rings is 1. The zero-order chi connectivity index (χ0) is 13.2. The normalized spacial score (nSPS) is 10.3. The molecule has 100 valence electrons. The molecule has 0 atom stereocenters. The second kappa shape index (κ2) is 8.64. The van der Waals surface area contributed by atoms with Crippen molar-refractivity contribution < 1.29 is 9.18 Å². The highest BCUT2D eigenvalue weighted by molar-refractivity contribution is 5.75. The second-order valence-electron chi connectivity index (χ2n) is 4.32. The Morgan fingerprint density at radius 3 is 2.56 bits per heavy atom. The number of hydrogen-bond donors (Lipinski definition) is 2. The Morgan fingerprint density at radius 1 is 1.17 bits per heavy atom. The van der Waals surface area contributed by atoms with Gasteiger partial charge < -0.3 is 10.6 Å². The number of hydrogen-bond acceptors (Lipinski definition) is 2. The quantitative estimate of drug-likeness (QED) is 0.697. The van der Waals surface area contributed by atoms with E-state index in [4.69, 9.17) is 0 Å². The fourth-order valence-corrected chi connectivity index (χ4v) is 1.66. The Kier molecular flexibility index (Phi) is 7.03. The number of carbonyl (C=O) groups excluding carboxylic acids is 1. The van der Waals surface area contributed by atoms with Gasteiger partial charge in [0.25, 0.3) is 0 Å². The van der Waals surface area contributed by atoms with Crippen LogP contribution in [0.4, 0.5) is 4.39 Å². The number of nitrogens with one attached hydrogen (secondary N) is 2. The molecule has 1 aromatic carbocycles. The lowest BCUT2D eigenvalue weighted by Gasteiger charge is -2.05. The molecule has 0 aliphatic heterocycles. The average molecular weight is 252 g/mol. The molecule has 0 spiro atoms. The lowest BCUT2D eigenvalue weighted by molar-refractivity contribution is -0.121. The van der Waals surface area contributed by atoms with E-state index in [9.17, 15) is 9.18 Å². The van der Waals surface area contributed by atoms with E-state index in [0.29, 0.717) is 13.0 Å². The summed E-state index contributed by atoms with van der Waals surface area (Å²) in [6.07, 6.45) is 3.63. The molecule has 0 unspecified atom stereocenters. The van der Waals surface area contributed by atoms with E-state index in [2.05, 4.69) is 10.6 Å². The molecule has 0 heterocycles. The van der Waals surface area contributed by atoms with Gasteiger partial charge >= 0.3 is 0 Å². The third kappa shape index (κ3) is 6.35. The summed E-state index contributed by atoms with van der Waals surface area (Å²) in [7, 11) is 1.93. The molecule has 0 aliphatic rings. The average Bonchev–Trinajstić information content (AvgIpc) is 2.38. The minimum Gasteiger partial charge on any atom is -0.352 e. The van der Waals surface area contributed by atoms with Crippen LogP contribution in [0.5, 0.6) is 0 Å². The highest BCUT2D eigenvalue weighted by atomic mass is 19.1. The lowest BCUT2D eigenvalue weighted by atomic mass is 10.2. The first-order chi connectivity index (χ1) is 8.72. The topological polar surface area (TPSA) is 41.1 Å². The molecule has 18 heavy (non-hydrogen) atoms. The van der Waals surface area contributed by atoms with E-state index >= 15 is 0 Å². The molecule has 0 radical (unpaired) electrons. The van der Waals surface area contributed by atoms with Gasteiger partial charge in [-0.25, -0.2) is 4.39 Å². The zero-order valence-electron chi connectivity index (χ0n) is 10.8. The highest BCUT2D eigenvalue weighted by Crippen LogP contribution is 2.03. The maximum absolute atomic E-state index is 12.7. The molecule has 0 saturated heterocycles. The Labute approximate surface area is 108 Å². The molecule has 1 amide bonds. The van der Waals surface area contributed by atoms with Crippen molar-refractivity contribution in [2.24, 2.45) is 0 Å². The molecule has 0 aromatic heterocycles. The van der Waals surface area contributed by atoms with Crippen molar-refractivity contribution in [2.45, 2.75) is 32.2 Å². The van der Waals surface area contributed by atoms with E-state index in [1.165, 1.54) is 12.1 Å². The predicted octanol–water partition coefficient (Wildman–Crippen LogP) is 2.22. The van der Waals surface area contributed by atoms with Crippen LogP contribution in [-0.4, -0.2) is 19.5 Å². The summed E-state index contributed by atoms with van der Waals surface area (Å²) >= 11 is 0. The van der Waals surface area contributed by atoms with Crippen LogP contribution in [0, 0.1) is 5.82 Å². The molecule has 0 bridgehead atoms. The van der Waals surface area contributed by atoms with Gasteiger partial charge in [0.1, 0.15) is 5.82 Å². The van der Waals surface area contributed by atoms with Crippen molar-refractivity contribution in [1.29, 1.82) is 0 Å². The summed E-state index contributed by atoms with van der Waals surface area (Å²) in [4.78, 5) is 11.5. The largest absolute Gasteiger partial charge is 0.352 e. The summed E-state index contributed by atoms with van der Waals surface area (Å²) in [6, 6.07) is 6.17. The summed E-state index contributed by atoms with van der Waals surface area (Å²) in [6.45, 7) is 1.47. The minimum absolute atomic E-state index is 0.0591. The van der Waals surface area contributed by atoms with Crippen molar-refractivity contribution in [2.75, 3.05) is 13.6 Å². The molecule has 1 rings (SSSR count). The van der Waals surface area contributed by atoms with Crippen LogP contribution in [-0.2, 0) is 11.3 Å². The Bertz CT molecular complexity index is 351. The van der Waals surface area contributed by atoms with Gasteiger partial charge in [-0.1, -0.05) is 18.6 Å². The zero-order valence-corrected chi connectivity index (χ0v) is 10.8. The monoisotopic (exact) mass is 252 g/mol. The third-order valence-electron chi connectivity index (χ3n) is 2.73. The molecule has 1 aromatic rings. The maximum atomic E-state index is 12.7. The molecule has 3 nitrogen and oxygen atoms in total. The number of halogens is 1. The van der Waals surface area contributed by atoms with Crippen LogP contribution in [0.25, 0.3) is 0 Å². The van der Waals surface area contributed by atoms with E-state index in [0.717, 1.165) is 31.4 Å². The van der Waals surface area contributed by atoms with Gasteiger partial charge in [0.2, 0.25) is 5.91 Å². The molecule has 4 heteroatoms. The van der Waals surface area contributed by atoms with Gasteiger partial charge in [0, 0.05) is 13.0 Å². The third-order valence-corrected chi connectivity index (χ3v) is 2.73. The van der Waals surface area contributed by atoms with Crippen LogP contribution in [0.15, 0.2) is 24.3 Å². The van der Waals surface area contributed by atoms with Crippen LogP contribution >= 0.6 is 0 Å². The fraction of sp³-hybridized carbons (Fsp3) is 0.500. The van der Waals surface area contributed by atoms with E-state index < -0.39 is 0 Å². The van der Waals surface area contributed by atoms with Gasteiger partial charge in [-0.15, -0.1) is 0 Å². The number of amides is 1. The minimum atomic E-state index is -0.255. The van der Waals surface area contributed by atoms with Crippen LogP contribution in [0.3, 0.4) is 0 Å². The SMILES string of the molecule is CNCCCCCC(=O)NCc1ccc(F)cc1. The maximum Gasteiger partial charge on any atom is 0.220 e. The number of unbranched alkanes of at least 4 members (excludes halogenated alkanes) is 2. The first-order valence-electron chi connectivity index (χ1n) is 6.38. The molecule has 0 saturated carbocycles. The van der Waals surface area contributed by atoms with Gasteiger partial charge in [0.15, 0.2) is 0 Å². The van der Waals surface area contributed by atoms with Crippen molar-refractivity contribution in [1.82, 2.24) is 10.6 Å². The fourth-order valence-electron chi connectivity index (χ4n) is 1.66. The number of carbonyl (C=O) groups is 1. The van der Waals surface area contributed by atoms with Crippen molar-refractivity contribution >= 4 is 5.91 Å². The predicted molar refractivity (Wildman–Crippen MR) is 70.6 cm³/mol. The van der Waals surface area contributed by atoms with Crippen molar-refractivity contribution in [3.05, 3.63) is 35.6 Å². The van der Waals surface area contributed by atoms with Gasteiger partial charge in [-0.3, -0.25) is 4.79 Å². The Morgan fingerprint density at radius 2 is 1.89 bits per heavy atom. The Hall–Kier alpha value is -1.42. The summed E-state index contributed by atoms with van der Waals surface area (Å²) in [5.41, 5.74) is 0.917. The van der Waals surface area contributed by atoms with Crippen LogP contribution in [0.2, 0.25) is 0 Å². The van der Waals surface area contributed by atoms with E-state index in [1.54, 1.807) is 12.1 Å². The second-order valence-corrected chi connectivity index (χ2v) is 4.32. The van der Waals surface area contributed by atoms with Crippen LogP contribution < -0.4 is 10.6 Å². The summed E-state index contributed by atoms with van der Waals surface area (Å²) < 4.78 is 12.7. The van der Waals surface area contributed by atoms with Gasteiger partial charge in [-0.05, 0) is 44.1 Å².